The SMILES string of the molecule is CN(C(=O)c1ccc(I)c(Cl)c1)C1CCS(=O)(=O)C1. The third-order valence-corrected chi connectivity index (χ3v) is 6.57. The van der Waals surface area contributed by atoms with Gasteiger partial charge in [0.15, 0.2) is 9.84 Å². The summed E-state index contributed by atoms with van der Waals surface area (Å²) in [4.78, 5) is 13.8. The van der Waals surface area contributed by atoms with Crippen molar-refractivity contribution >= 4 is 49.9 Å². The Morgan fingerprint density at radius 1 is 1.47 bits per heavy atom. The maximum absolute atomic E-state index is 12.3. The summed E-state index contributed by atoms with van der Waals surface area (Å²) in [7, 11) is -1.35. The standard InChI is InChI=1S/C12H13ClINO3S/c1-15(9-4-5-19(17,18)7-9)12(16)8-2-3-11(14)10(13)6-8/h2-3,6,9H,4-5,7H2,1H3. The van der Waals surface area contributed by atoms with Crippen molar-refractivity contribution in [2.45, 2.75) is 12.5 Å². The first-order valence-electron chi connectivity index (χ1n) is 5.73. The lowest BCUT2D eigenvalue weighted by molar-refractivity contribution is 0.0747. The van der Waals surface area contributed by atoms with Crippen molar-refractivity contribution in [3.05, 3.63) is 32.4 Å². The average Bonchev–Trinajstić information content (AvgIpc) is 2.71. The molecule has 1 fully saturated rings. The van der Waals surface area contributed by atoms with Crippen molar-refractivity contribution in [2.75, 3.05) is 18.6 Å². The van der Waals surface area contributed by atoms with Gasteiger partial charge < -0.3 is 4.90 Å². The lowest BCUT2D eigenvalue weighted by Crippen LogP contribution is -2.37. The molecular formula is C12H13ClINO3S. The van der Waals surface area contributed by atoms with E-state index in [1.165, 1.54) is 4.90 Å². The zero-order valence-corrected chi connectivity index (χ0v) is 14.0. The minimum Gasteiger partial charge on any atom is -0.338 e. The van der Waals surface area contributed by atoms with E-state index in [2.05, 4.69) is 22.6 Å². The molecule has 1 atom stereocenters. The fourth-order valence-corrected chi connectivity index (χ4v) is 4.37. The number of halogens is 2. The molecule has 1 aliphatic heterocycles. The van der Waals surface area contributed by atoms with E-state index in [9.17, 15) is 13.2 Å². The molecule has 0 saturated carbocycles. The highest BCUT2D eigenvalue weighted by Crippen LogP contribution is 2.22. The van der Waals surface area contributed by atoms with Gasteiger partial charge in [-0.1, -0.05) is 11.6 Å². The van der Waals surface area contributed by atoms with Crippen LogP contribution in [0.3, 0.4) is 0 Å². The van der Waals surface area contributed by atoms with E-state index in [4.69, 9.17) is 11.6 Å². The van der Waals surface area contributed by atoms with E-state index in [1.807, 2.05) is 0 Å². The molecular weight excluding hydrogens is 401 g/mol. The van der Waals surface area contributed by atoms with E-state index in [-0.39, 0.29) is 23.5 Å². The first-order valence-corrected chi connectivity index (χ1v) is 9.00. The van der Waals surface area contributed by atoms with Gasteiger partial charge in [0.05, 0.1) is 16.5 Å². The predicted molar refractivity (Wildman–Crippen MR) is 83.3 cm³/mol. The zero-order valence-electron chi connectivity index (χ0n) is 10.3. The van der Waals surface area contributed by atoms with Crippen LogP contribution in [-0.2, 0) is 9.84 Å². The maximum Gasteiger partial charge on any atom is 0.253 e. The van der Waals surface area contributed by atoms with Crippen LogP contribution in [-0.4, -0.2) is 43.8 Å². The molecule has 0 spiro atoms. The summed E-state index contributed by atoms with van der Waals surface area (Å²) in [6.07, 6.45) is 0.503. The number of carbonyl (C=O) groups excluding carboxylic acids is 1. The number of amides is 1. The lowest BCUT2D eigenvalue weighted by atomic mass is 10.1. The Kier molecular flexibility index (Phi) is 4.42. The second-order valence-corrected chi connectivity index (χ2v) is 8.40. The molecule has 0 radical (unpaired) electrons. The van der Waals surface area contributed by atoms with Gasteiger partial charge in [0.25, 0.3) is 5.91 Å². The molecule has 1 heterocycles. The van der Waals surface area contributed by atoms with Crippen LogP contribution >= 0.6 is 34.2 Å². The normalized spacial score (nSPS) is 21.3. The van der Waals surface area contributed by atoms with Crippen LogP contribution < -0.4 is 0 Å². The van der Waals surface area contributed by atoms with Crippen LogP contribution in [0.4, 0.5) is 0 Å². The van der Waals surface area contributed by atoms with Crippen LogP contribution in [0, 0.1) is 3.57 Å². The maximum atomic E-state index is 12.3. The second-order valence-electron chi connectivity index (χ2n) is 4.60. The molecule has 1 saturated heterocycles. The van der Waals surface area contributed by atoms with Gasteiger partial charge in [-0.2, -0.15) is 0 Å². The van der Waals surface area contributed by atoms with E-state index < -0.39 is 9.84 Å². The Morgan fingerprint density at radius 3 is 2.68 bits per heavy atom. The minimum atomic E-state index is -2.99. The Balaban J connectivity index is 2.17. The van der Waals surface area contributed by atoms with E-state index in [0.29, 0.717) is 17.0 Å². The third kappa shape index (κ3) is 3.41. The van der Waals surface area contributed by atoms with Gasteiger partial charge in [-0.3, -0.25) is 4.79 Å². The topological polar surface area (TPSA) is 54.5 Å². The molecule has 1 unspecified atom stereocenters. The van der Waals surface area contributed by atoms with Crippen LogP contribution in [0.25, 0.3) is 0 Å². The molecule has 19 heavy (non-hydrogen) atoms. The summed E-state index contributed by atoms with van der Waals surface area (Å²) in [5.41, 5.74) is 0.484. The molecule has 0 aromatic heterocycles. The number of benzene rings is 1. The first-order chi connectivity index (χ1) is 8.80. The van der Waals surface area contributed by atoms with Crippen LogP contribution in [0.5, 0.6) is 0 Å². The average molecular weight is 414 g/mol. The number of nitrogens with zero attached hydrogens (tertiary/aromatic N) is 1. The fraction of sp³-hybridized carbons (Fsp3) is 0.417. The van der Waals surface area contributed by atoms with Gasteiger partial charge in [0.2, 0.25) is 0 Å². The van der Waals surface area contributed by atoms with Crippen molar-refractivity contribution in [3.63, 3.8) is 0 Å². The third-order valence-electron chi connectivity index (χ3n) is 3.24. The number of hydrogen-bond acceptors (Lipinski definition) is 3. The molecule has 104 valence electrons. The lowest BCUT2D eigenvalue weighted by Gasteiger charge is -2.23. The van der Waals surface area contributed by atoms with Crippen molar-refractivity contribution in [1.82, 2.24) is 4.90 Å². The Labute approximate surface area is 131 Å². The highest BCUT2D eigenvalue weighted by atomic mass is 127. The Morgan fingerprint density at radius 2 is 2.16 bits per heavy atom. The molecule has 0 aliphatic carbocycles. The molecule has 0 N–H and O–H groups in total. The predicted octanol–water partition coefficient (Wildman–Crippen LogP) is 2.20. The summed E-state index contributed by atoms with van der Waals surface area (Å²) >= 11 is 8.08. The van der Waals surface area contributed by atoms with Crippen molar-refractivity contribution in [2.24, 2.45) is 0 Å². The van der Waals surface area contributed by atoms with Crippen molar-refractivity contribution in [3.8, 4) is 0 Å². The Bertz CT molecular complexity index is 617. The minimum absolute atomic E-state index is 0.0489. The molecule has 7 heteroatoms. The number of rotatable bonds is 2. The van der Waals surface area contributed by atoms with E-state index in [1.54, 1.807) is 25.2 Å². The number of hydrogen-bond donors (Lipinski definition) is 0. The van der Waals surface area contributed by atoms with Gasteiger partial charge in [-0.05, 0) is 47.2 Å². The van der Waals surface area contributed by atoms with Crippen LogP contribution in [0.2, 0.25) is 5.02 Å². The molecule has 0 bridgehead atoms. The number of sulfone groups is 1. The highest BCUT2D eigenvalue weighted by Gasteiger charge is 2.33. The van der Waals surface area contributed by atoms with Crippen molar-refractivity contribution in [1.29, 1.82) is 0 Å². The van der Waals surface area contributed by atoms with Gasteiger partial charge >= 0.3 is 0 Å². The van der Waals surface area contributed by atoms with E-state index >= 15 is 0 Å². The number of carbonyl (C=O) groups is 1. The summed E-state index contributed by atoms with van der Waals surface area (Å²) in [6.45, 7) is 0. The van der Waals surface area contributed by atoms with Gasteiger partial charge in [0, 0.05) is 22.2 Å². The first kappa shape index (κ1) is 15.1. The summed E-state index contributed by atoms with van der Waals surface area (Å²) < 4.78 is 23.8. The largest absolute Gasteiger partial charge is 0.338 e. The quantitative estimate of drug-likeness (QED) is 0.699. The highest BCUT2D eigenvalue weighted by molar-refractivity contribution is 14.1. The fourth-order valence-electron chi connectivity index (χ4n) is 2.08. The summed E-state index contributed by atoms with van der Waals surface area (Å²) in [5, 5.41) is 0.527. The monoisotopic (exact) mass is 413 g/mol. The van der Waals surface area contributed by atoms with Gasteiger partial charge in [0.1, 0.15) is 0 Å². The van der Waals surface area contributed by atoms with Gasteiger partial charge in [-0.25, -0.2) is 8.42 Å². The zero-order chi connectivity index (χ0) is 14.2. The van der Waals surface area contributed by atoms with Gasteiger partial charge in [-0.15, -0.1) is 0 Å². The second kappa shape index (κ2) is 5.57. The van der Waals surface area contributed by atoms with E-state index in [0.717, 1.165) is 3.57 Å². The van der Waals surface area contributed by atoms with Crippen LogP contribution in [0.15, 0.2) is 18.2 Å². The Hall–Kier alpha value is -0.340. The van der Waals surface area contributed by atoms with Crippen LogP contribution in [0.1, 0.15) is 16.8 Å². The molecule has 1 aromatic carbocycles. The molecule has 2 rings (SSSR count). The molecule has 1 amide bonds. The molecule has 1 aliphatic rings. The summed E-state index contributed by atoms with van der Waals surface area (Å²) in [6, 6.07) is 4.85. The molecule has 1 aromatic rings. The van der Waals surface area contributed by atoms with Crippen molar-refractivity contribution < 1.29 is 13.2 Å². The smallest absolute Gasteiger partial charge is 0.253 e. The summed E-state index contributed by atoms with van der Waals surface area (Å²) in [5.74, 6) is 0.0104. The molecule has 4 nitrogen and oxygen atoms in total.